The molecule has 0 saturated heterocycles. The van der Waals surface area contributed by atoms with Crippen LogP contribution in [0.25, 0.3) is 6.08 Å². The minimum absolute atomic E-state index is 0.298. The van der Waals surface area contributed by atoms with E-state index in [4.69, 9.17) is 25.8 Å². The van der Waals surface area contributed by atoms with Crippen LogP contribution in [0.2, 0.25) is 5.02 Å². The van der Waals surface area contributed by atoms with Crippen LogP contribution < -0.4 is 24.8 Å². The molecule has 0 heterocycles. The first-order valence-corrected chi connectivity index (χ1v) is 10.8. The van der Waals surface area contributed by atoms with Crippen LogP contribution in [0.15, 0.2) is 72.8 Å². The lowest BCUT2D eigenvalue weighted by molar-refractivity contribution is -0.122. The zero-order valence-electron chi connectivity index (χ0n) is 19.0. The van der Waals surface area contributed by atoms with Crippen LogP contribution in [0.3, 0.4) is 0 Å². The van der Waals surface area contributed by atoms with Crippen LogP contribution in [0.4, 0.5) is 11.4 Å². The number of methoxy groups -OCH3 is 2. The third kappa shape index (κ3) is 6.76. The molecule has 34 heavy (non-hydrogen) atoms. The lowest BCUT2D eigenvalue weighted by Crippen LogP contribution is -2.30. The van der Waals surface area contributed by atoms with E-state index >= 15 is 0 Å². The van der Waals surface area contributed by atoms with Gasteiger partial charge in [-0.3, -0.25) is 9.59 Å². The Morgan fingerprint density at radius 2 is 1.50 bits per heavy atom. The molecule has 2 N–H and O–H groups in total. The average Bonchev–Trinajstić information content (AvgIpc) is 2.85. The van der Waals surface area contributed by atoms with Gasteiger partial charge >= 0.3 is 0 Å². The van der Waals surface area contributed by atoms with Crippen molar-refractivity contribution in [2.75, 3.05) is 24.9 Å². The third-order valence-corrected chi connectivity index (χ3v) is 5.08. The SMILES string of the molecule is COc1ccc(/C=C/C(=O)Nc2ccc(NC(=O)C(C)Oc3ccccc3Cl)cc2)cc1OC. The minimum atomic E-state index is -0.749. The van der Waals surface area contributed by atoms with Crippen molar-refractivity contribution in [2.45, 2.75) is 13.0 Å². The highest BCUT2D eigenvalue weighted by Gasteiger charge is 2.16. The topological polar surface area (TPSA) is 85.9 Å². The van der Waals surface area contributed by atoms with E-state index in [1.54, 1.807) is 87.9 Å². The fourth-order valence-electron chi connectivity index (χ4n) is 2.98. The van der Waals surface area contributed by atoms with Crippen LogP contribution in [0, 0.1) is 0 Å². The Morgan fingerprint density at radius 3 is 2.15 bits per heavy atom. The monoisotopic (exact) mass is 480 g/mol. The second-order valence-corrected chi connectivity index (χ2v) is 7.60. The van der Waals surface area contributed by atoms with Gasteiger partial charge < -0.3 is 24.8 Å². The van der Waals surface area contributed by atoms with Crippen LogP contribution in [-0.2, 0) is 9.59 Å². The van der Waals surface area contributed by atoms with Crippen molar-refractivity contribution in [3.8, 4) is 17.2 Å². The van der Waals surface area contributed by atoms with E-state index in [0.29, 0.717) is 33.6 Å². The molecule has 0 saturated carbocycles. The highest BCUT2D eigenvalue weighted by atomic mass is 35.5. The maximum absolute atomic E-state index is 12.4. The largest absolute Gasteiger partial charge is 0.493 e. The minimum Gasteiger partial charge on any atom is -0.493 e. The number of hydrogen-bond acceptors (Lipinski definition) is 5. The van der Waals surface area contributed by atoms with Crippen LogP contribution >= 0.6 is 11.6 Å². The molecule has 0 aliphatic rings. The van der Waals surface area contributed by atoms with E-state index in [1.807, 2.05) is 6.07 Å². The van der Waals surface area contributed by atoms with E-state index in [1.165, 1.54) is 6.08 Å². The molecule has 3 aromatic carbocycles. The molecular weight excluding hydrogens is 456 g/mol. The molecule has 2 amide bonds. The van der Waals surface area contributed by atoms with Gasteiger partial charge in [0, 0.05) is 17.5 Å². The van der Waals surface area contributed by atoms with E-state index in [-0.39, 0.29) is 11.8 Å². The number of hydrogen-bond donors (Lipinski definition) is 2. The lowest BCUT2D eigenvalue weighted by Gasteiger charge is -2.15. The Labute approximate surface area is 203 Å². The van der Waals surface area contributed by atoms with Gasteiger partial charge in [0.25, 0.3) is 5.91 Å². The number of ether oxygens (including phenoxy) is 3. The van der Waals surface area contributed by atoms with Gasteiger partial charge in [-0.25, -0.2) is 0 Å². The quantitative estimate of drug-likeness (QED) is 0.400. The van der Waals surface area contributed by atoms with E-state index in [9.17, 15) is 9.59 Å². The summed E-state index contributed by atoms with van der Waals surface area (Å²) in [4.78, 5) is 24.7. The molecule has 0 spiro atoms. The molecule has 0 fully saturated rings. The summed E-state index contributed by atoms with van der Waals surface area (Å²) >= 11 is 6.07. The van der Waals surface area contributed by atoms with Crippen molar-refractivity contribution in [2.24, 2.45) is 0 Å². The Morgan fingerprint density at radius 1 is 0.853 bits per heavy atom. The standard InChI is InChI=1S/C26H25ClN2O5/c1-17(34-22-7-5-4-6-21(22)27)26(31)29-20-12-10-19(11-13-20)28-25(30)15-9-18-8-14-23(32-2)24(16-18)33-3/h4-17H,1-3H3,(H,28,30)(H,29,31)/b15-9+. The second-order valence-electron chi connectivity index (χ2n) is 7.19. The molecule has 0 aliphatic heterocycles. The van der Waals surface area contributed by atoms with E-state index in [0.717, 1.165) is 5.56 Å². The van der Waals surface area contributed by atoms with Crippen molar-refractivity contribution in [3.63, 3.8) is 0 Å². The van der Waals surface area contributed by atoms with Gasteiger partial charge in [0.05, 0.1) is 19.2 Å². The average molecular weight is 481 g/mol. The molecule has 0 radical (unpaired) electrons. The zero-order chi connectivity index (χ0) is 24.5. The zero-order valence-corrected chi connectivity index (χ0v) is 19.8. The Bertz CT molecular complexity index is 1180. The highest BCUT2D eigenvalue weighted by molar-refractivity contribution is 6.32. The predicted molar refractivity (Wildman–Crippen MR) is 134 cm³/mol. The number of rotatable bonds is 9. The predicted octanol–water partition coefficient (Wildman–Crippen LogP) is 5.42. The summed E-state index contributed by atoms with van der Waals surface area (Å²) in [6.07, 6.45) is 2.35. The van der Waals surface area contributed by atoms with Gasteiger partial charge in [-0.2, -0.15) is 0 Å². The van der Waals surface area contributed by atoms with Gasteiger partial charge in [-0.05, 0) is 67.1 Å². The first-order valence-electron chi connectivity index (χ1n) is 10.4. The smallest absolute Gasteiger partial charge is 0.265 e. The molecule has 1 atom stereocenters. The van der Waals surface area contributed by atoms with Crippen molar-refractivity contribution in [3.05, 3.63) is 83.4 Å². The molecule has 8 heteroatoms. The summed E-state index contributed by atoms with van der Waals surface area (Å²) in [5.74, 6) is 1.00. The van der Waals surface area contributed by atoms with Gasteiger partial charge in [0.2, 0.25) is 5.91 Å². The highest BCUT2D eigenvalue weighted by Crippen LogP contribution is 2.28. The van der Waals surface area contributed by atoms with Gasteiger partial charge in [-0.15, -0.1) is 0 Å². The first kappa shape index (κ1) is 24.7. The lowest BCUT2D eigenvalue weighted by atomic mass is 10.2. The molecule has 7 nitrogen and oxygen atoms in total. The van der Waals surface area contributed by atoms with E-state index < -0.39 is 6.10 Å². The molecule has 1 unspecified atom stereocenters. The van der Waals surface area contributed by atoms with E-state index in [2.05, 4.69) is 10.6 Å². The third-order valence-electron chi connectivity index (χ3n) is 4.76. The second kappa shape index (κ2) is 11.8. The van der Waals surface area contributed by atoms with Crippen LogP contribution in [0.1, 0.15) is 12.5 Å². The number of para-hydroxylation sites is 1. The molecule has 3 rings (SSSR count). The summed E-state index contributed by atoms with van der Waals surface area (Å²) in [6, 6.07) is 19.1. The summed E-state index contributed by atoms with van der Waals surface area (Å²) in [5.41, 5.74) is 1.94. The molecule has 3 aromatic rings. The summed E-state index contributed by atoms with van der Waals surface area (Å²) < 4.78 is 16.1. The molecular formula is C26H25ClN2O5. The normalized spacial score (nSPS) is 11.5. The van der Waals surface area contributed by atoms with Gasteiger partial charge in [0.15, 0.2) is 17.6 Å². The Hall–Kier alpha value is -3.97. The number of halogens is 1. The number of carbonyl (C=O) groups is 2. The Balaban J connectivity index is 1.54. The fourth-order valence-corrected chi connectivity index (χ4v) is 3.16. The fraction of sp³-hybridized carbons (Fsp3) is 0.154. The van der Waals surface area contributed by atoms with Crippen LogP contribution in [-0.4, -0.2) is 32.1 Å². The van der Waals surface area contributed by atoms with Crippen molar-refractivity contribution < 1.29 is 23.8 Å². The van der Waals surface area contributed by atoms with Crippen molar-refractivity contribution in [1.82, 2.24) is 0 Å². The number of amides is 2. The maximum atomic E-state index is 12.4. The number of carbonyl (C=O) groups excluding carboxylic acids is 2. The van der Waals surface area contributed by atoms with Gasteiger partial charge in [0.1, 0.15) is 5.75 Å². The summed E-state index contributed by atoms with van der Waals surface area (Å²) in [7, 11) is 3.11. The first-order chi connectivity index (χ1) is 16.4. The molecule has 176 valence electrons. The van der Waals surface area contributed by atoms with Gasteiger partial charge in [-0.1, -0.05) is 29.8 Å². The molecule has 0 aliphatic carbocycles. The maximum Gasteiger partial charge on any atom is 0.265 e. The Kier molecular flexibility index (Phi) is 8.54. The summed E-state index contributed by atoms with van der Waals surface area (Å²) in [5, 5.41) is 5.98. The molecule has 0 aromatic heterocycles. The number of benzene rings is 3. The summed E-state index contributed by atoms with van der Waals surface area (Å²) in [6.45, 7) is 1.64. The number of nitrogens with one attached hydrogen (secondary N) is 2. The van der Waals surface area contributed by atoms with Crippen LogP contribution in [0.5, 0.6) is 17.2 Å². The molecule has 0 bridgehead atoms. The van der Waals surface area contributed by atoms with Crippen molar-refractivity contribution >= 4 is 40.9 Å². The number of anilines is 2. The van der Waals surface area contributed by atoms with Crippen molar-refractivity contribution in [1.29, 1.82) is 0 Å².